The Morgan fingerprint density at radius 2 is 1.95 bits per heavy atom. The fraction of sp³-hybridized carbons (Fsp3) is 0.438. The zero-order valence-corrected chi connectivity index (χ0v) is 13.1. The number of rotatable bonds is 1. The predicted molar refractivity (Wildman–Crippen MR) is 82.1 cm³/mol. The van der Waals surface area contributed by atoms with E-state index in [2.05, 4.69) is 14.5 Å². The summed E-state index contributed by atoms with van der Waals surface area (Å²) in [6.45, 7) is 7.45. The molecule has 1 amide bonds. The smallest absolute Gasteiger partial charge is 0.410 e. The largest absolute Gasteiger partial charge is 0.444 e. The van der Waals surface area contributed by atoms with E-state index in [-0.39, 0.29) is 6.09 Å². The molecule has 0 aliphatic carbocycles. The Balaban J connectivity index is 1.77. The fourth-order valence-electron chi connectivity index (χ4n) is 2.40. The van der Waals surface area contributed by atoms with E-state index in [0.717, 1.165) is 23.6 Å². The summed E-state index contributed by atoms with van der Waals surface area (Å²) in [4.78, 5) is 22.5. The molecular weight excluding hydrogens is 280 g/mol. The molecule has 0 bridgehead atoms. The van der Waals surface area contributed by atoms with E-state index >= 15 is 0 Å². The van der Waals surface area contributed by atoms with Crippen LogP contribution in [0.3, 0.4) is 0 Å². The Morgan fingerprint density at radius 1 is 1.23 bits per heavy atom. The van der Waals surface area contributed by atoms with E-state index in [1.54, 1.807) is 17.3 Å². The minimum absolute atomic E-state index is 0.285. The Labute approximate surface area is 129 Å². The van der Waals surface area contributed by atoms with Crippen molar-refractivity contribution in [3.8, 4) is 11.3 Å². The number of carbonyl (C=O) groups excluding carboxylic acids is 1. The summed E-state index contributed by atoms with van der Waals surface area (Å²) >= 11 is 0. The van der Waals surface area contributed by atoms with E-state index in [0.29, 0.717) is 13.1 Å². The first-order chi connectivity index (χ1) is 10.4. The van der Waals surface area contributed by atoms with Crippen molar-refractivity contribution in [3.63, 3.8) is 0 Å². The average molecular weight is 300 g/mol. The molecule has 6 heteroatoms. The van der Waals surface area contributed by atoms with Crippen molar-refractivity contribution in [2.24, 2.45) is 0 Å². The molecule has 2 aromatic heterocycles. The summed E-state index contributed by atoms with van der Waals surface area (Å²) in [7, 11) is 0. The minimum atomic E-state index is -0.480. The molecule has 0 aromatic carbocycles. The monoisotopic (exact) mass is 300 g/mol. The summed E-state index contributed by atoms with van der Waals surface area (Å²) < 4.78 is 7.52. The second-order valence-electron chi connectivity index (χ2n) is 6.37. The fourth-order valence-corrected chi connectivity index (χ4v) is 2.40. The van der Waals surface area contributed by atoms with Gasteiger partial charge in [-0.3, -0.25) is 9.88 Å². The van der Waals surface area contributed by atoms with Crippen molar-refractivity contribution in [1.29, 1.82) is 0 Å². The molecule has 0 spiro atoms. The van der Waals surface area contributed by atoms with Crippen LogP contribution < -0.4 is 0 Å². The van der Waals surface area contributed by atoms with Crippen LogP contribution in [0.2, 0.25) is 0 Å². The number of ether oxygens (including phenoxy) is 1. The maximum atomic E-state index is 12.2. The number of fused-ring (bicyclic) bond motifs is 1. The molecule has 0 fully saturated rings. The molecular formula is C16H20N4O2. The molecule has 0 unspecified atom stereocenters. The van der Waals surface area contributed by atoms with E-state index in [4.69, 9.17) is 4.74 Å². The lowest BCUT2D eigenvalue weighted by Crippen LogP contribution is -2.41. The first-order valence-electron chi connectivity index (χ1n) is 7.37. The van der Waals surface area contributed by atoms with E-state index in [9.17, 15) is 4.79 Å². The molecule has 3 rings (SSSR count). The summed E-state index contributed by atoms with van der Waals surface area (Å²) in [5, 5.41) is 0. The highest BCUT2D eigenvalue weighted by molar-refractivity contribution is 5.68. The van der Waals surface area contributed by atoms with Gasteiger partial charge in [0, 0.05) is 37.2 Å². The van der Waals surface area contributed by atoms with E-state index in [1.165, 1.54) is 0 Å². The van der Waals surface area contributed by atoms with Gasteiger partial charge in [0.15, 0.2) is 0 Å². The van der Waals surface area contributed by atoms with Crippen LogP contribution in [0.1, 0.15) is 26.6 Å². The molecule has 2 aromatic rings. The molecule has 1 aliphatic rings. The second-order valence-corrected chi connectivity index (χ2v) is 6.37. The van der Waals surface area contributed by atoms with Gasteiger partial charge < -0.3 is 9.30 Å². The third-order valence-corrected chi connectivity index (χ3v) is 3.43. The van der Waals surface area contributed by atoms with Gasteiger partial charge in [0.2, 0.25) is 0 Å². The number of carbonyl (C=O) groups is 1. The van der Waals surface area contributed by atoms with Crippen molar-refractivity contribution in [3.05, 3.63) is 36.5 Å². The van der Waals surface area contributed by atoms with Gasteiger partial charge in [-0.15, -0.1) is 0 Å². The maximum Gasteiger partial charge on any atom is 0.410 e. The van der Waals surface area contributed by atoms with Gasteiger partial charge in [-0.2, -0.15) is 0 Å². The van der Waals surface area contributed by atoms with Gasteiger partial charge in [-0.05, 0) is 32.9 Å². The van der Waals surface area contributed by atoms with Crippen molar-refractivity contribution in [1.82, 2.24) is 19.4 Å². The van der Waals surface area contributed by atoms with Crippen LogP contribution in [0.25, 0.3) is 11.3 Å². The molecule has 3 heterocycles. The lowest BCUT2D eigenvalue weighted by molar-refractivity contribution is 0.0195. The highest BCUT2D eigenvalue weighted by atomic mass is 16.6. The predicted octanol–water partition coefficient (Wildman–Crippen LogP) is 2.70. The summed E-state index contributed by atoms with van der Waals surface area (Å²) in [5.74, 6) is 0.879. The molecule has 22 heavy (non-hydrogen) atoms. The lowest BCUT2D eigenvalue weighted by atomic mass is 10.2. The molecule has 6 nitrogen and oxygen atoms in total. The Morgan fingerprint density at radius 3 is 2.64 bits per heavy atom. The van der Waals surface area contributed by atoms with Crippen LogP contribution >= 0.6 is 0 Å². The quantitative estimate of drug-likeness (QED) is 0.812. The van der Waals surface area contributed by atoms with Gasteiger partial charge in [0.25, 0.3) is 0 Å². The number of pyridine rings is 1. The van der Waals surface area contributed by atoms with Crippen LogP contribution in [0, 0.1) is 0 Å². The molecule has 0 saturated carbocycles. The van der Waals surface area contributed by atoms with Gasteiger partial charge >= 0.3 is 6.09 Å². The molecule has 0 radical (unpaired) electrons. The van der Waals surface area contributed by atoms with Crippen LogP contribution in [0.5, 0.6) is 0 Å². The number of hydrogen-bond acceptors (Lipinski definition) is 4. The number of imidazole rings is 1. The zero-order valence-electron chi connectivity index (χ0n) is 13.1. The van der Waals surface area contributed by atoms with Crippen LogP contribution in [-0.4, -0.2) is 37.7 Å². The average Bonchev–Trinajstić information content (AvgIpc) is 2.89. The Bertz CT molecular complexity index is 673. The molecule has 0 saturated heterocycles. The SMILES string of the molecule is CC(C)(C)OC(=O)N1CCn2cc(-c3ccncc3)nc2C1. The van der Waals surface area contributed by atoms with Crippen molar-refractivity contribution < 1.29 is 9.53 Å². The number of hydrogen-bond donors (Lipinski definition) is 0. The standard InChI is InChI=1S/C16H20N4O2/c1-16(2,3)22-15(21)20-9-8-19-10-13(18-14(19)11-20)12-4-6-17-7-5-12/h4-7,10H,8-9,11H2,1-3H3. The minimum Gasteiger partial charge on any atom is -0.444 e. The zero-order chi connectivity index (χ0) is 15.7. The van der Waals surface area contributed by atoms with Crippen molar-refractivity contribution in [2.75, 3.05) is 6.54 Å². The van der Waals surface area contributed by atoms with Crippen molar-refractivity contribution in [2.45, 2.75) is 39.5 Å². The summed E-state index contributed by atoms with van der Waals surface area (Å²) in [6, 6.07) is 3.86. The topological polar surface area (TPSA) is 60.2 Å². The summed E-state index contributed by atoms with van der Waals surface area (Å²) in [6.07, 6.45) is 5.24. The second kappa shape index (κ2) is 5.44. The molecule has 116 valence electrons. The van der Waals surface area contributed by atoms with Gasteiger partial charge in [0.1, 0.15) is 11.4 Å². The van der Waals surface area contributed by atoms with Crippen LogP contribution in [-0.2, 0) is 17.8 Å². The first-order valence-corrected chi connectivity index (χ1v) is 7.37. The van der Waals surface area contributed by atoms with E-state index in [1.807, 2.05) is 39.1 Å². The third kappa shape index (κ3) is 3.10. The van der Waals surface area contributed by atoms with E-state index < -0.39 is 5.60 Å². The Kier molecular flexibility index (Phi) is 3.60. The third-order valence-electron chi connectivity index (χ3n) is 3.43. The maximum absolute atomic E-state index is 12.2. The summed E-state index contributed by atoms with van der Waals surface area (Å²) in [5.41, 5.74) is 1.45. The normalized spacial score (nSPS) is 14.6. The first kappa shape index (κ1) is 14.6. The molecule has 1 aliphatic heterocycles. The van der Waals surface area contributed by atoms with Crippen LogP contribution in [0.4, 0.5) is 4.79 Å². The number of nitrogens with zero attached hydrogens (tertiary/aromatic N) is 4. The number of aromatic nitrogens is 3. The van der Waals surface area contributed by atoms with Gasteiger partial charge in [-0.1, -0.05) is 0 Å². The van der Waals surface area contributed by atoms with Gasteiger partial charge in [-0.25, -0.2) is 9.78 Å². The highest BCUT2D eigenvalue weighted by Crippen LogP contribution is 2.22. The molecule has 0 atom stereocenters. The lowest BCUT2D eigenvalue weighted by Gasteiger charge is -2.30. The Hall–Kier alpha value is -2.37. The van der Waals surface area contributed by atoms with Crippen molar-refractivity contribution >= 4 is 6.09 Å². The van der Waals surface area contributed by atoms with Crippen LogP contribution in [0.15, 0.2) is 30.7 Å². The number of amides is 1. The van der Waals surface area contributed by atoms with Gasteiger partial charge in [0.05, 0.1) is 12.2 Å². The highest BCUT2D eigenvalue weighted by Gasteiger charge is 2.26. The molecule has 0 N–H and O–H groups in total.